The first-order valence-corrected chi connectivity index (χ1v) is 9.57. The molecule has 1 amide bonds. The van der Waals surface area contributed by atoms with Gasteiger partial charge in [-0.25, -0.2) is 4.98 Å². The first kappa shape index (κ1) is 19.5. The van der Waals surface area contributed by atoms with Gasteiger partial charge < -0.3 is 9.88 Å². The Morgan fingerprint density at radius 1 is 1.20 bits per heavy atom. The van der Waals surface area contributed by atoms with Gasteiger partial charge in [-0.3, -0.25) is 19.7 Å². The van der Waals surface area contributed by atoms with E-state index in [1.54, 1.807) is 19.1 Å². The number of hydrogen-bond acceptors (Lipinski definition) is 5. The van der Waals surface area contributed by atoms with Crippen molar-refractivity contribution in [2.45, 2.75) is 26.8 Å². The van der Waals surface area contributed by atoms with Crippen molar-refractivity contribution in [2.24, 2.45) is 0 Å². The van der Waals surface area contributed by atoms with E-state index < -0.39 is 4.92 Å². The zero-order valence-corrected chi connectivity index (χ0v) is 16.6. The maximum atomic E-state index is 12.9. The Morgan fingerprint density at radius 3 is 2.73 bits per heavy atom. The van der Waals surface area contributed by atoms with E-state index in [2.05, 4.69) is 9.97 Å². The van der Waals surface area contributed by atoms with E-state index >= 15 is 0 Å². The number of amides is 1. The summed E-state index contributed by atoms with van der Waals surface area (Å²) in [7, 11) is 0. The maximum Gasteiger partial charge on any atom is 0.273 e. The fourth-order valence-corrected chi connectivity index (χ4v) is 3.65. The molecule has 8 heteroatoms. The highest BCUT2D eigenvalue weighted by Crippen LogP contribution is 2.23. The van der Waals surface area contributed by atoms with Gasteiger partial charge >= 0.3 is 0 Å². The van der Waals surface area contributed by atoms with Crippen molar-refractivity contribution in [3.05, 3.63) is 90.9 Å². The van der Waals surface area contributed by atoms with Crippen molar-refractivity contribution in [2.75, 3.05) is 6.54 Å². The molecule has 0 saturated carbocycles. The van der Waals surface area contributed by atoms with Crippen LogP contribution in [0.4, 0.5) is 5.69 Å². The number of benzene rings is 2. The van der Waals surface area contributed by atoms with Crippen molar-refractivity contribution in [3.8, 4) is 11.4 Å². The van der Waals surface area contributed by atoms with E-state index in [1.807, 2.05) is 31.2 Å². The molecule has 0 aliphatic carbocycles. The van der Waals surface area contributed by atoms with E-state index in [1.165, 1.54) is 11.0 Å². The van der Waals surface area contributed by atoms with Crippen molar-refractivity contribution in [1.82, 2.24) is 14.9 Å². The molecule has 30 heavy (non-hydrogen) atoms. The van der Waals surface area contributed by atoms with E-state index in [4.69, 9.17) is 0 Å². The Morgan fingerprint density at radius 2 is 2.00 bits per heavy atom. The Labute approximate surface area is 172 Å². The van der Waals surface area contributed by atoms with Gasteiger partial charge in [0, 0.05) is 35.7 Å². The molecule has 1 aliphatic rings. The molecule has 2 aromatic carbocycles. The number of aryl methyl sites for hydroxylation is 2. The van der Waals surface area contributed by atoms with Gasteiger partial charge in [0.15, 0.2) is 0 Å². The third-order valence-corrected chi connectivity index (χ3v) is 5.30. The van der Waals surface area contributed by atoms with Gasteiger partial charge in [0.25, 0.3) is 17.2 Å². The van der Waals surface area contributed by atoms with Crippen LogP contribution < -0.4 is 5.56 Å². The monoisotopic (exact) mass is 404 g/mol. The smallest absolute Gasteiger partial charge is 0.273 e. The minimum atomic E-state index is -0.501. The molecule has 1 aromatic heterocycles. The number of fused-ring (bicyclic) bond motifs is 1. The molecule has 0 atom stereocenters. The van der Waals surface area contributed by atoms with Gasteiger partial charge in [0.05, 0.1) is 22.7 Å². The lowest BCUT2D eigenvalue weighted by atomic mass is 10.0. The molecule has 4 rings (SSSR count). The van der Waals surface area contributed by atoms with Crippen molar-refractivity contribution in [1.29, 1.82) is 0 Å². The molecule has 1 N–H and O–H groups in total. The molecule has 2 heterocycles. The van der Waals surface area contributed by atoms with Gasteiger partial charge in [0.2, 0.25) is 0 Å². The minimum absolute atomic E-state index is 0.0967. The number of H-pyrrole nitrogens is 1. The Hall–Kier alpha value is -3.81. The van der Waals surface area contributed by atoms with Crippen LogP contribution >= 0.6 is 0 Å². The van der Waals surface area contributed by atoms with Crippen LogP contribution in [-0.2, 0) is 13.0 Å². The lowest BCUT2D eigenvalue weighted by molar-refractivity contribution is -0.385. The maximum absolute atomic E-state index is 12.9. The van der Waals surface area contributed by atoms with Crippen LogP contribution in [0.15, 0.2) is 47.3 Å². The molecule has 0 unspecified atom stereocenters. The summed E-state index contributed by atoms with van der Waals surface area (Å²) in [5.41, 5.74) is 3.38. The molecule has 1 aliphatic heterocycles. The number of carbonyl (C=O) groups is 1. The second-order valence-electron chi connectivity index (χ2n) is 7.44. The number of hydrogen-bond donors (Lipinski definition) is 1. The standard InChI is InChI=1S/C22H20N4O4/c1-13-4-3-5-15(10-13)20-23-18-8-9-25(12-17(18)21(27)24-20)22(28)16-7-6-14(2)19(11-16)26(29)30/h3-7,10-11H,8-9,12H2,1-2H3,(H,23,24,27). The van der Waals surface area contributed by atoms with Crippen LogP contribution in [0.3, 0.4) is 0 Å². The number of nitro benzene ring substituents is 1. The predicted molar refractivity (Wildman–Crippen MR) is 111 cm³/mol. The van der Waals surface area contributed by atoms with Crippen LogP contribution in [0.2, 0.25) is 0 Å². The number of nitro groups is 1. The molecular weight excluding hydrogens is 384 g/mol. The van der Waals surface area contributed by atoms with E-state index in [-0.39, 0.29) is 29.3 Å². The largest absolute Gasteiger partial charge is 0.334 e. The van der Waals surface area contributed by atoms with Gasteiger partial charge in [-0.1, -0.05) is 29.8 Å². The van der Waals surface area contributed by atoms with Crippen LogP contribution in [-0.4, -0.2) is 32.2 Å². The molecule has 0 radical (unpaired) electrons. The molecular formula is C22H20N4O4. The lowest BCUT2D eigenvalue weighted by Gasteiger charge is -2.28. The van der Waals surface area contributed by atoms with E-state index in [9.17, 15) is 19.7 Å². The van der Waals surface area contributed by atoms with Gasteiger partial charge in [-0.2, -0.15) is 0 Å². The second-order valence-corrected chi connectivity index (χ2v) is 7.44. The number of nitrogens with zero attached hydrogens (tertiary/aromatic N) is 3. The quantitative estimate of drug-likeness (QED) is 0.533. The Balaban J connectivity index is 1.63. The summed E-state index contributed by atoms with van der Waals surface area (Å²) in [5.74, 6) is 0.169. The van der Waals surface area contributed by atoms with Crippen LogP contribution in [0.5, 0.6) is 0 Å². The normalized spacial score (nSPS) is 13.1. The first-order valence-electron chi connectivity index (χ1n) is 9.57. The average Bonchev–Trinajstić information content (AvgIpc) is 2.73. The summed E-state index contributed by atoms with van der Waals surface area (Å²) in [5, 5.41) is 11.2. The van der Waals surface area contributed by atoms with Gasteiger partial charge in [-0.15, -0.1) is 0 Å². The predicted octanol–water partition coefficient (Wildman–Crippen LogP) is 3.16. The van der Waals surface area contributed by atoms with Gasteiger partial charge in [-0.05, 0) is 26.0 Å². The third kappa shape index (κ3) is 3.59. The number of carbonyl (C=O) groups excluding carboxylic acids is 1. The summed E-state index contributed by atoms with van der Waals surface area (Å²) in [6, 6.07) is 12.1. The van der Waals surface area contributed by atoms with Crippen LogP contribution in [0.25, 0.3) is 11.4 Å². The number of aromatic amines is 1. The zero-order chi connectivity index (χ0) is 21.4. The Kier molecular flexibility index (Phi) is 4.91. The highest BCUT2D eigenvalue weighted by Gasteiger charge is 2.26. The summed E-state index contributed by atoms with van der Waals surface area (Å²) in [4.78, 5) is 45.3. The average molecular weight is 404 g/mol. The van der Waals surface area contributed by atoms with E-state index in [0.717, 1.165) is 11.1 Å². The number of aromatic nitrogens is 2. The zero-order valence-electron chi connectivity index (χ0n) is 16.6. The first-order chi connectivity index (χ1) is 14.3. The second kappa shape index (κ2) is 7.55. The summed E-state index contributed by atoms with van der Waals surface area (Å²) in [6.07, 6.45) is 0.442. The highest BCUT2D eigenvalue weighted by atomic mass is 16.6. The topological polar surface area (TPSA) is 109 Å². The van der Waals surface area contributed by atoms with E-state index in [0.29, 0.717) is 35.6 Å². The molecule has 8 nitrogen and oxygen atoms in total. The molecule has 0 fully saturated rings. The van der Waals surface area contributed by atoms with Crippen molar-refractivity contribution in [3.63, 3.8) is 0 Å². The minimum Gasteiger partial charge on any atom is -0.334 e. The Bertz CT molecular complexity index is 1230. The molecule has 0 saturated heterocycles. The number of nitrogens with one attached hydrogen (secondary N) is 1. The van der Waals surface area contributed by atoms with Crippen LogP contribution in [0.1, 0.15) is 32.7 Å². The number of rotatable bonds is 3. The lowest BCUT2D eigenvalue weighted by Crippen LogP contribution is -2.39. The fourth-order valence-electron chi connectivity index (χ4n) is 3.65. The molecule has 0 spiro atoms. The SMILES string of the molecule is Cc1cccc(-c2nc3c(c(=O)[nH]2)CN(C(=O)c2ccc(C)c([N+](=O)[O-])c2)CC3)c1. The van der Waals surface area contributed by atoms with Crippen molar-refractivity contribution < 1.29 is 9.72 Å². The highest BCUT2D eigenvalue weighted by molar-refractivity contribution is 5.95. The van der Waals surface area contributed by atoms with Gasteiger partial charge in [0.1, 0.15) is 5.82 Å². The molecule has 0 bridgehead atoms. The summed E-state index contributed by atoms with van der Waals surface area (Å²) < 4.78 is 0. The van der Waals surface area contributed by atoms with Crippen LogP contribution in [0, 0.1) is 24.0 Å². The summed E-state index contributed by atoms with van der Waals surface area (Å²) in [6.45, 7) is 4.10. The fraction of sp³-hybridized carbons (Fsp3) is 0.227. The third-order valence-electron chi connectivity index (χ3n) is 5.30. The molecule has 152 valence electrons. The summed E-state index contributed by atoms with van der Waals surface area (Å²) >= 11 is 0. The molecule has 3 aromatic rings. The van der Waals surface area contributed by atoms with Crippen molar-refractivity contribution >= 4 is 11.6 Å².